The van der Waals surface area contributed by atoms with E-state index < -0.39 is 24.0 Å². The van der Waals surface area contributed by atoms with E-state index in [1.54, 1.807) is 6.92 Å². The highest BCUT2D eigenvalue weighted by Gasteiger charge is 2.27. The van der Waals surface area contributed by atoms with Crippen molar-refractivity contribution >= 4 is 17.8 Å². The van der Waals surface area contributed by atoms with E-state index in [0.29, 0.717) is 6.42 Å². The second kappa shape index (κ2) is 8.29. The first kappa shape index (κ1) is 16.2. The van der Waals surface area contributed by atoms with Crippen LogP contribution < -0.4 is 16.8 Å². The van der Waals surface area contributed by atoms with Crippen molar-refractivity contribution in [3.63, 3.8) is 0 Å². The standard InChI is InChI=1S/C10H20N4O4/c1-2-3-7(16)14-8(9(17)18)6(15)4-5-13-10(11)12/h6,8,15H,2-5H2,1H3,(H,14,16)(H,17,18)(H4,11,12,13). The van der Waals surface area contributed by atoms with Crippen molar-refractivity contribution in [2.24, 2.45) is 16.5 Å². The quantitative estimate of drug-likeness (QED) is 0.261. The van der Waals surface area contributed by atoms with Crippen molar-refractivity contribution < 1.29 is 19.8 Å². The van der Waals surface area contributed by atoms with Gasteiger partial charge in [0.1, 0.15) is 0 Å². The minimum Gasteiger partial charge on any atom is -0.480 e. The second-order valence-corrected chi connectivity index (χ2v) is 3.80. The molecule has 0 aromatic carbocycles. The number of hydrogen-bond acceptors (Lipinski definition) is 4. The molecule has 0 aliphatic carbocycles. The van der Waals surface area contributed by atoms with E-state index in [1.807, 2.05) is 0 Å². The summed E-state index contributed by atoms with van der Waals surface area (Å²) in [5, 5.41) is 20.8. The van der Waals surface area contributed by atoms with Crippen LogP contribution in [0.25, 0.3) is 0 Å². The van der Waals surface area contributed by atoms with Gasteiger partial charge in [0.15, 0.2) is 12.0 Å². The van der Waals surface area contributed by atoms with Gasteiger partial charge in [-0.15, -0.1) is 0 Å². The lowest BCUT2D eigenvalue weighted by molar-refractivity contribution is -0.145. The Hall–Kier alpha value is -1.83. The number of carboxylic acid groups (broad SMARTS) is 1. The van der Waals surface area contributed by atoms with Crippen LogP contribution in [0.4, 0.5) is 0 Å². The fourth-order valence-corrected chi connectivity index (χ4v) is 1.29. The van der Waals surface area contributed by atoms with E-state index in [4.69, 9.17) is 16.6 Å². The lowest BCUT2D eigenvalue weighted by Crippen LogP contribution is -2.49. The molecule has 7 N–H and O–H groups in total. The van der Waals surface area contributed by atoms with Crippen LogP contribution in [-0.4, -0.2) is 46.7 Å². The van der Waals surface area contributed by atoms with Gasteiger partial charge in [0.2, 0.25) is 5.91 Å². The fraction of sp³-hybridized carbons (Fsp3) is 0.700. The number of hydrogen-bond donors (Lipinski definition) is 5. The Kier molecular flexibility index (Phi) is 7.45. The zero-order valence-corrected chi connectivity index (χ0v) is 10.3. The third-order valence-electron chi connectivity index (χ3n) is 2.16. The maximum atomic E-state index is 11.3. The molecule has 0 saturated heterocycles. The molecule has 0 aromatic rings. The predicted octanol–water partition coefficient (Wildman–Crippen LogP) is -1.62. The van der Waals surface area contributed by atoms with Gasteiger partial charge < -0.3 is 27.0 Å². The van der Waals surface area contributed by atoms with E-state index in [-0.39, 0.29) is 25.3 Å². The van der Waals surface area contributed by atoms with E-state index in [1.165, 1.54) is 0 Å². The summed E-state index contributed by atoms with van der Waals surface area (Å²) in [5.74, 6) is -1.84. The number of guanidine groups is 1. The summed E-state index contributed by atoms with van der Waals surface area (Å²) >= 11 is 0. The van der Waals surface area contributed by atoms with Crippen molar-refractivity contribution in [2.45, 2.75) is 38.3 Å². The molecule has 1 amide bonds. The lowest BCUT2D eigenvalue weighted by atomic mass is 10.1. The molecule has 2 unspecified atom stereocenters. The van der Waals surface area contributed by atoms with Crippen molar-refractivity contribution in [1.82, 2.24) is 5.32 Å². The molecule has 2 atom stereocenters. The van der Waals surface area contributed by atoms with E-state index in [2.05, 4.69) is 10.3 Å². The number of carbonyl (C=O) groups excluding carboxylic acids is 1. The summed E-state index contributed by atoms with van der Waals surface area (Å²) in [6.45, 7) is 1.89. The molecule has 0 rings (SSSR count). The first-order valence-electron chi connectivity index (χ1n) is 5.64. The summed E-state index contributed by atoms with van der Waals surface area (Å²) in [4.78, 5) is 25.8. The Morgan fingerprint density at radius 2 is 2.00 bits per heavy atom. The molecule has 0 fully saturated rings. The molecule has 0 aromatic heterocycles. The Labute approximate surface area is 105 Å². The maximum Gasteiger partial charge on any atom is 0.328 e. The first-order chi connectivity index (χ1) is 8.38. The number of aliphatic hydroxyl groups excluding tert-OH is 1. The molecule has 0 bridgehead atoms. The van der Waals surface area contributed by atoms with Crippen molar-refractivity contribution in [3.05, 3.63) is 0 Å². The zero-order valence-electron chi connectivity index (χ0n) is 10.3. The van der Waals surface area contributed by atoms with Crippen molar-refractivity contribution in [3.8, 4) is 0 Å². The van der Waals surface area contributed by atoms with Crippen molar-refractivity contribution in [1.29, 1.82) is 0 Å². The van der Waals surface area contributed by atoms with Crippen LogP contribution in [0.3, 0.4) is 0 Å². The first-order valence-corrected chi connectivity index (χ1v) is 5.64. The van der Waals surface area contributed by atoms with E-state index >= 15 is 0 Å². The Balaban J connectivity index is 4.36. The molecule has 104 valence electrons. The number of rotatable bonds is 8. The smallest absolute Gasteiger partial charge is 0.328 e. The molecule has 0 spiro atoms. The number of aliphatic carboxylic acids is 1. The van der Waals surface area contributed by atoms with Gasteiger partial charge in [0, 0.05) is 13.0 Å². The molecular formula is C10H20N4O4. The van der Waals surface area contributed by atoms with Crippen LogP contribution in [-0.2, 0) is 9.59 Å². The predicted molar refractivity (Wildman–Crippen MR) is 65.8 cm³/mol. The highest BCUT2D eigenvalue weighted by Crippen LogP contribution is 2.01. The monoisotopic (exact) mass is 260 g/mol. The highest BCUT2D eigenvalue weighted by atomic mass is 16.4. The van der Waals surface area contributed by atoms with E-state index in [9.17, 15) is 14.7 Å². The highest BCUT2D eigenvalue weighted by molar-refractivity contribution is 5.83. The molecule has 0 radical (unpaired) electrons. The molecule has 0 heterocycles. The number of nitrogens with two attached hydrogens (primary N) is 2. The number of nitrogens with one attached hydrogen (secondary N) is 1. The van der Waals surface area contributed by atoms with Crippen LogP contribution in [0, 0.1) is 0 Å². The SMILES string of the molecule is CCCC(=O)NC(C(=O)O)C(O)CCN=C(N)N. The summed E-state index contributed by atoms with van der Waals surface area (Å²) in [5.41, 5.74) is 10.2. The molecule has 0 saturated carbocycles. The summed E-state index contributed by atoms with van der Waals surface area (Å²) < 4.78 is 0. The van der Waals surface area contributed by atoms with Crippen LogP contribution in [0.2, 0.25) is 0 Å². The number of carboxylic acids is 1. The summed E-state index contributed by atoms with van der Waals surface area (Å²) in [6.07, 6.45) is -0.389. The third kappa shape index (κ3) is 6.69. The fourth-order valence-electron chi connectivity index (χ4n) is 1.29. The van der Waals surface area contributed by atoms with E-state index in [0.717, 1.165) is 0 Å². The number of aliphatic hydroxyl groups is 1. The van der Waals surface area contributed by atoms with Gasteiger partial charge in [-0.2, -0.15) is 0 Å². The topological polar surface area (TPSA) is 151 Å². The summed E-state index contributed by atoms with van der Waals surface area (Å²) in [7, 11) is 0. The van der Waals surface area contributed by atoms with Crippen LogP contribution in [0.15, 0.2) is 4.99 Å². The minimum atomic E-state index is -1.35. The van der Waals surface area contributed by atoms with Gasteiger partial charge >= 0.3 is 5.97 Å². The molecule has 0 aliphatic rings. The van der Waals surface area contributed by atoms with Gasteiger partial charge in [-0.25, -0.2) is 4.79 Å². The van der Waals surface area contributed by atoms with Gasteiger partial charge in [0.25, 0.3) is 0 Å². The Bertz CT molecular complexity index is 315. The Morgan fingerprint density at radius 1 is 1.39 bits per heavy atom. The number of nitrogens with zero attached hydrogens (tertiary/aromatic N) is 1. The average Bonchev–Trinajstić information content (AvgIpc) is 2.25. The van der Waals surface area contributed by atoms with Gasteiger partial charge in [-0.05, 0) is 12.8 Å². The number of carbonyl (C=O) groups is 2. The number of amides is 1. The number of aliphatic imine (C=N–C) groups is 1. The molecule has 0 aliphatic heterocycles. The van der Waals surface area contributed by atoms with Crippen LogP contribution in [0.5, 0.6) is 0 Å². The molecule has 8 heteroatoms. The normalized spacial score (nSPS) is 13.4. The second-order valence-electron chi connectivity index (χ2n) is 3.80. The van der Waals surface area contributed by atoms with Gasteiger partial charge in [0.05, 0.1) is 6.10 Å². The van der Waals surface area contributed by atoms with Crippen LogP contribution in [0.1, 0.15) is 26.2 Å². The van der Waals surface area contributed by atoms with Gasteiger partial charge in [-0.1, -0.05) is 6.92 Å². The largest absolute Gasteiger partial charge is 0.480 e. The third-order valence-corrected chi connectivity index (χ3v) is 2.16. The average molecular weight is 260 g/mol. The minimum absolute atomic E-state index is 0.0429. The molecule has 8 nitrogen and oxygen atoms in total. The van der Waals surface area contributed by atoms with Gasteiger partial charge in [-0.3, -0.25) is 9.79 Å². The Morgan fingerprint density at radius 3 is 2.44 bits per heavy atom. The lowest BCUT2D eigenvalue weighted by Gasteiger charge is -2.19. The molecular weight excluding hydrogens is 240 g/mol. The van der Waals surface area contributed by atoms with Crippen molar-refractivity contribution in [2.75, 3.05) is 6.54 Å². The zero-order chi connectivity index (χ0) is 14.1. The van der Waals surface area contributed by atoms with Crippen LogP contribution >= 0.6 is 0 Å². The summed E-state index contributed by atoms with van der Waals surface area (Å²) in [6, 6.07) is -1.35. The maximum absolute atomic E-state index is 11.3. The molecule has 18 heavy (non-hydrogen) atoms.